The number of amides is 1. The first-order valence-electron chi connectivity index (χ1n) is 8.35. The smallest absolute Gasteiger partial charge is 0.231 e. The van der Waals surface area contributed by atoms with E-state index in [0.29, 0.717) is 19.4 Å². The second-order valence-corrected chi connectivity index (χ2v) is 5.81. The minimum Gasteiger partial charge on any atom is -0.491 e. The number of carbonyl (C=O) groups excluding carboxylic acids is 1. The van der Waals surface area contributed by atoms with Crippen molar-refractivity contribution in [1.82, 2.24) is 5.32 Å². The van der Waals surface area contributed by atoms with Crippen LogP contribution in [-0.4, -0.2) is 25.9 Å². The summed E-state index contributed by atoms with van der Waals surface area (Å²) < 4.78 is 41.9. The molecule has 1 N–H and O–H groups in total. The molecule has 0 aromatic heterocycles. The van der Waals surface area contributed by atoms with Gasteiger partial charge in [-0.3, -0.25) is 4.79 Å². The molecule has 26 heavy (non-hydrogen) atoms. The zero-order chi connectivity index (χ0) is 18.4. The summed E-state index contributed by atoms with van der Waals surface area (Å²) in [6.07, 6.45) is 1.39. The van der Waals surface area contributed by atoms with E-state index in [1.165, 1.54) is 6.07 Å². The Hall–Kier alpha value is -2.83. The topological polar surface area (TPSA) is 56.8 Å². The third-order valence-electron chi connectivity index (χ3n) is 3.87. The van der Waals surface area contributed by atoms with Crippen LogP contribution in [0.5, 0.6) is 17.2 Å². The van der Waals surface area contributed by atoms with E-state index in [-0.39, 0.29) is 31.5 Å². The molecule has 1 aliphatic rings. The van der Waals surface area contributed by atoms with Crippen LogP contribution in [0.3, 0.4) is 0 Å². The van der Waals surface area contributed by atoms with Gasteiger partial charge in [0.05, 0.1) is 6.61 Å². The van der Waals surface area contributed by atoms with Gasteiger partial charge in [-0.05, 0) is 42.7 Å². The Bertz CT molecular complexity index is 782. The van der Waals surface area contributed by atoms with Crippen molar-refractivity contribution in [1.29, 1.82) is 0 Å². The molecule has 1 heterocycles. The molecule has 0 radical (unpaired) electrons. The van der Waals surface area contributed by atoms with E-state index in [2.05, 4.69) is 5.32 Å². The molecule has 0 unspecified atom stereocenters. The molecular weight excluding hydrogens is 344 g/mol. The van der Waals surface area contributed by atoms with E-state index in [9.17, 15) is 13.6 Å². The van der Waals surface area contributed by atoms with Gasteiger partial charge in [-0.2, -0.15) is 0 Å². The molecule has 0 spiro atoms. The summed E-state index contributed by atoms with van der Waals surface area (Å²) in [6.45, 7) is 0.920. The number of nitrogens with one attached hydrogen (secondary N) is 1. The average Bonchev–Trinajstić information content (AvgIpc) is 3.08. The second-order valence-electron chi connectivity index (χ2n) is 5.81. The first-order chi connectivity index (χ1) is 12.6. The van der Waals surface area contributed by atoms with Crippen LogP contribution >= 0.6 is 0 Å². The Balaban J connectivity index is 1.32. The SMILES string of the molecule is O=C(CCCOc1ccc(F)cc1F)NCCc1ccc2c(c1)OCO2. The van der Waals surface area contributed by atoms with Gasteiger partial charge < -0.3 is 19.5 Å². The van der Waals surface area contributed by atoms with E-state index in [1.54, 1.807) is 0 Å². The highest BCUT2D eigenvalue weighted by Gasteiger charge is 2.13. The van der Waals surface area contributed by atoms with Crippen molar-refractivity contribution in [2.24, 2.45) is 0 Å². The molecule has 1 aliphatic heterocycles. The predicted octanol–water partition coefficient (Wildman–Crippen LogP) is 3.21. The Labute approximate surface area is 149 Å². The fraction of sp³-hybridized carbons (Fsp3) is 0.316. The largest absolute Gasteiger partial charge is 0.491 e. The molecular formula is C19H19F2NO4. The lowest BCUT2D eigenvalue weighted by Crippen LogP contribution is -2.25. The highest BCUT2D eigenvalue weighted by atomic mass is 19.1. The molecule has 138 valence electrons. The molecule has 7 heteroatoms. The van der Waals surface area contributed by atoms with Crippen LogP contribution in [0, 0.1) is 11.6 Å². The summed E-state index contributed by atoms with van der Waals surface area (Å²) in [5.74, 6) is -0.0761. The number of fused-ring (bicyclic) bond motifs is 1. The number of benzene rings is 2. The lowest BCUT2D eigenvalue weighted by Gasteiger charge is -2.08. The first kappa shape index (κ1) is 18.0. The van der Waals surface area contributed by atoms with Gasteiger partial charge in [0, 0.05) is 19.0 Å². The second kappa shape index (κ2) is 8.51. The third-order valence-corrected chi connectivity index (χ3v) is 3.87. The van der Waals surface area contributed by atoms with Crippen LogP contribution in [0.4, 0.5) is 8.78 Å². The van der Waals surface area contributed by atoms with Gasteiger partial charge in [0.2, 0.25) is 12.7 Å². The van der Waals surface area contributed by atoms with Crippen molar-refractivity contribution in [2.45, 2.75) is 19.3 Å². The Morgan fingerprint density at radius 3 is 2.81 bits per heavy atom. The first-order valence-corrected chi connectivity index (χ1v) is 8.35. The number of hydrogen-bond acceptors (Lipinski definition) is 4. The standard InChI is InChI=1S/C19H19F2NO4/c20-14-4-6-16(15(21)11-14)24-9-1-2-19(23)22-8-7-13-3-5-17-18(10-13)26-12-25-17/h3-6,10-11H,1-2,7-9,12H2,(H,22,23). The van der Waals surface area contributed by atoms with E-state index in [1.807, 2.05) is 18.2 Å². The van der Waals surface area contributed by atoms with E-state index in [0.717, 1.165) is 29.2 Å². The Morgan fingerprint density at radius 1 is 1.12 bits per heavy atom. The monoisotopic (exact) mass is 363 g/mol. The molecule has 0 atom stereocenters. The molecule has 2 aromatic rings. The number of halogens is 2. The van der Waals surface area contributed by atoms with Gasteiger partial charge in [0.15, 0.2) is 23.1 Å². The van der Waals surface area contributed by atoms with Crippen LogP contribution in [-0.2, 0) is 11.2 Å². The lowest BCUT2D eigenvalue weighted by molar-refractivity contribution is -0.121. The van der Waals surface area contributed by atoms with Crippen LogP contribution in [0.15, 0.2) is 36.4 Å². The predicted molar refractivity (Wildman–Crippen MR) is 90.4 cm³/mol. The zero-order valence-electron chi connectivity index (χ0n) is 14.1. The summed E-state index contributed by atoms with van der Waals surface area (Å²) in [7, 11) is 0. The van der Waals surface area contributed by atoms with Crippen LogP contribution in [0.2, 0.25) is 0 Å². The summed E-state index contributed by atoms with van der Waals surface area (Å²) in [4.78, 5) is 11.8. The van der Waals surface area contributed by atoms with Crippen molar-refractivity contribution >= 4 is 5.91 Å². The van der Waals surface area contributed by atoms with Gasteiger partial charge >= 0.3 is 0 Å². The molecule has 2 aromatic carbocycles. The average molecular weight is 363 g/mol. The molecule has 0 fully saturated rings. The van der Waals surface area contributed by atoms with Crippen molar-refractivity contribution in [2.75, 3.05) is 19.9 Å². The van der Waals surface area contributed by atoms with Crippen molar-refractivity contribution in [3.63, 3.8) is 0 Å². The zero-order valence-corrected chi connectivity index (χ0v) is 14.1. The van der Waals surface area contributed by atoms with Gasteiger partial charge in [-0.25, -0.2) is 8.78 Å². The van der Waals surface area contributed by atoms with E-state index < -0.39 is 11.6 Å². The minimum absolute atomic E-state index is 0.0189. The van der Waals surface area contributed by atoms with Gasteiger partial charge in [-0.15, -0.1) is 0 Å². The van der Waals surface area contributed by atoms with Crippen LogP contribution in [0.25, 0.3) is 0 Å². The number of hydrogen-bond donors (Lipinski definition) is 1. The van der Waals surface area contributed by atoms with Crippen molar-refractivity contribution < 1.29 is 27.8 Å². The lowest BCUT2D eigenvalue weighted by atomic mass is 10.1. The normalized spacial score (nSPS) is 12.1. The molecule has 0 aliphatic carbocycles. The number of ether oxygens (including phenoxy) is 3. The summed E-state index contributed by atoms with van der Waals surface area (Å²) in [5.41, 5.74) is 1.05. The molecule has 5 nitrogen and oxygen atoms in total. The van der Waals surface area contributed by atoms with Gasteiger partial charge in [0.25, 0.3) is 0 Å². The third kappa shape index (κ3) is 4.84. The number of rotatable bonds is 8. The quantitative estimate of drug-likeness (QED) is 0.732. The van der Waals surface area contributed by atoms with E-state index >= 15 is 0 Å². The highest BCUT2D eigenvalue weighted by Crippen LogP contribution is 2.32. The van der Waals surface area contributed by atoms with Gasteiger partial charge in [0.1, 0.15) is 5.82 Å². The highest BCUT2D eigenvalue weighted by molar-refractivity contribution is 5.75. The maximum atomic E-state index is 13.4. The summed E-state index contributed by atoms with van der Waals surface area (Å²) in [5, 5.41) is 2.83. The minimum atomic E-state index is -0.752. The fourth-order valence-corrected chi connectivity index (χ4v) is 2.54. The van der Waals surface area contributed by atoms with Crippen molar-refractivity contribution in [3.8, 4) is 17.2 Å². The number of carbonyl (C=O) groups is 1. The molecule has 0 saturated carbocycles. The fourth-order valence-electron chi connectivity index (χ4n) is 2.54. The molecule has 1 amide bonds. The van der Waals surface area contributed by atoms with E-state index in [4.69, 9.17) is 14.2 Å². The molecule has 0 saturated heterocycles. The maximum Gasteiger partial charge on any atom is 0.231 e. The summed E-state index contributed by atoms with van der Waals surface area (Å²) in [6, 6.07) is 8.81. The molecule has 0 bridgehead atoms. The molecule has 3 rings (SSSR count). The summed E-state index contributed by atoms with van der Waals surface area (Å²) >= 11 is 0. The van der Waals surface area contributed by atoms with Crippen LogP contribution < -0.4 is 19.5 Å². The van der Waals surface area contributed by atoms with Gasteiger partial charge in [-0.1, -0.05) is 6.07 Å². The Kier molecular flexibility index (Phi) is 5.88. The van der Waals surface area contributed by atoms with Crippen molar-refractivity contribution in [3.05, 3.63) is 53.6 Å². The van der Waals surface area contributed by atoms with Crippen LogP contribution in [0.1, 0.15) is 18.4 Å². The Morgan fingerprint density at radius 2 is 1.96 bits per heavy atom. The maximum absolute atomic E-state index is 13.4.